The van der Waals surface area contributed by atoms with Gasteiger partial charge in [-0.2, -0.15) is 4.72 Å². The Morgan fingerprint density at radius 1 is 1.21 bits per heavy atom. The molecule has 8 nitrogen and oxygen atoms in total. The van der Waals surface area contributed by atoms with E-state index >= 15 is 0 Å². The number of carbonyl (C=O) groups is 1. The second-order valence-corrected chi connectivity index (χ2v) is 8.40. The topological polar surface area (TPSA) is 117 Å². The SMILES string of the molecule is Cc1cc(N[S+](=O)([O-])c2ccc(NC(=O)Cc3ccc4c(c3)CCO4)cc2)no1. The second-order valence-electron chi connectivity index (χ2n) is 6.72. The number of anilines is 2. The van der Waals surface area contributed by atoms with E-state index in [0.29, 0.717) is 18.1 Å². The number of benzene rings is 2. The Bertz CT molecular complexity index is 1090. The van der Waals surface area contributed by atoms with E-state index in [4.69, 9.17) is 9.26 Å². The van der Waals surface area contributed by atoms with Crippen LogP contribution in [0, 0.1) is 6.92 Å². The molecule has 1 unspecified atom stereocenters. The summed E-state index contributed by atoms with van der Waals surface area (Å²) >= 11 is 0. The van der Waals surface area contributed by atoms with E-state index in [0.717, 1.165) is 23.3 Å². The maximum atomic E-state index is 12.4. The molecular weight excluding hydrogens is 394 g/mol. The molecule has 1 aliphatic rings. The maximum Gasteiger partial charge on any atom is 0.228 e. The van der Waals surface area contributed by atoms with Gasteiger partial charge in [0.25, 0.3) is 0 Å². The average Bonchev–Trinajstić information content (AvgIpc) is 3.30. The largest absolute Gasteiger partial charge is 0.588 e. The van der Waals surface area contributed by atoms with Gasteiger partial charge in [0, 0.05) is 18.2 Å². The van der Waals surface area contributed by atoms with Crippen LogP contribution in [0.1, 0.15) is 16.9 Å². The molecule has 0 radical (unpaired) electrons. The number of hydrogen-bond donors (Lipinski definition) is 2. The first-order valence-electron chi connectivity index (χ1n) is 9.00. The molecule has 2 N–H and O–H groups in total. The van der Waals surface area contributed by atoms with Crippen LogP contribution in [0.5, 0.6) is 5.75 Å². The quantitative estimate of drug-likeness (QED) is 0.600. The molecule has 1 aromatic heterocycles. The van der Waals surface area contributed by atoms with E-state index in [1.165, 1.54) is 30.3 Å². The molecule has 0 bridgehead atoms. The lowest BCUT2D eigenvalue weighted by Gasteiger charge is -2.14. The van der Waals surface area contributed by atoms with Crippen LogP contribution in [-0.2, 0) is 32.2 Å². The lowest BCUT2D eigenvalue weighted by atomic mass is 10.1. The van der Waals surface area contributed by atoms with Gasteiger partial charge < -0.3 is 19.1 Å². The van der Waals surface area contributed by atoms with E-state index in [-0.39, 0.29) is 23.0 Å². The molecule has 1 atom stereocenters. The number of hydrogen-bond acceptors (Lipinski definition) is 6. The third-order valence-corrected chi connectivity index (χ3v) is 5.80. The van der Waals surface area contributed by atoms with Crippen molar-refractivity contribution < 1.29 is 22.8 Å². The molecule has 1 aliphatic heterocycles. The zero-order chi connectivity index (χ0) is 20.4. The van der Waals surface area contributed by atoms with E-state index in [1.807, 2.05) is 18.2 Å². The summed E-state index contributed by atoms with van der Waals surface area (Å²) in [7, 11) is -3.80. The van der Waals surface area contributed by atoms with Crippen molar-refractivity contribution in [3.8, 4) is 5.75 Å². The van der Waals surface area contributed by atoms with Crippen LogP contribution in [0.3, 0.4) is 0 Å². The standard InChI is InChI=1S/C20H19N3O5S/c1-13-10-19(22-28-13)23-29(25,26)17-5-3-16(4-6-17)21-20(24)12-14-2-7-18-15(11-14)8-9-27-18/h2-7,10-11H,8-9,12H2,1H3,(H2-,21,22,23,24,25,26). The molecule has 3 aromatic rings. The fraction of sp³-hybridized carbons (Fsp3) is 0.200. The summed E-state index contributed by atoms with van der Waals surface area (Å²) in [5, 5.41) is 6.39. The van der Waals surface area contributed by atoms with Gasteiger partial charge in [0.15, 0.2) is 15.3 Å². The van der Waals surface area contributed by atoms with Gasteiger partial charge in [-0.25, -0.2) is 0 Å². The molecule has 0 fully saturated rings. The predicted molar refractivity (Wildman–Crippen MR) is 106 cm³/mol. The van der Waals surface area contributed by atoms with E-state index < -0.39 is 10.4 Å². The highest BCUT2D eigenvalue weighted by Gasteiger charge is 2.22. The van der Waals surface area contributed by atoms with Gasteiger partial charge in [-0.15, -0.1) is 0 Å². The Morgan fingerprint density at radius 3 is 2.72 bits per heavy atom. The number of rotatable bonds is 6. The molecule has 2 heterocycles. The normalized spacial score (nSPS) is 14.6. The second kappa shape index (κ2) is 7.69. The number of sulfonamides is 1. The van der Waals surface area contributed by atoms with Crippen molar-refractivity contribution in [2.24, 2.45) is 0 Å². The van der Waals surface area contributed by atoms with Crippen molar-refractivity contribution in [3.63, 3.8) is 0 Å². The van der Waals surface area contributed by atoms with Crippen LogP contribution >= 0.6 is 0 Å². The van der Waals surface area contributed by atoms with Crippen molar-refractivity contribution in [3.05, 3.63) is 65.4 Å². The van der Waals surface area contributed by atoms with E-state index in [9.17, 15) is 13.6 Å². The summed E-state index contributed by atoms with van der Waals surface area (Å²) in [6.07, 6.45) is 1.07. The number of nitrogens with zero attached hydrogens (tertiary/aromatic N) is 1. The van der Waals surface area contributed by atoms with Crippen LogP contribution in [0.2, 0.25) is 0 Å². The summed E-state index contributed by atoms with van der Waals surface area (Å²) in [6, 6.07) is 13.1. The van der Waals surface area contributed by atoms with Crippen LogP contribution in [0.15, 0.2) is 57.9 Å². The molecule has 0 saturated carbocycles. The van der Waals surface area contributed by atoms with Gasteiger partial charge in [-0.05, 0) is 48.4 Å². The monoisotopic (exact) mass is 413 g/mol. The van der Waals surface area contributed by atoms with Crippen LogP contribution in [0.25, 0.3) is 0 Å². The summed E-state index contributed by atoms with van der Waals surface area (Å²) in [5.41, 5.74) is 2.52. The molecule has 1 amide bonds. The Morgan fingerprint density at radius 2 is 2.00 bits per heavy atom. The zero-order valence-corrected chi connectivity index (χ0v) is 16.5. The lowest BCUT2D eigenvalue weighted by molar-refractivity contribution is -0.115. The van der Waals surface area contributed by atoms with Gasteiger partial charge in [0.1, 0.15) is 11.5 Å². The number of aryl methyl sites for hydroxylation is 1. The number of aromatic nitrogens is 1. The molecule has 4 rings (SSSR count). The summed E-state index contributed by atoms with van der Waals surface area (Å²) in [5.74, 6) is 1.30. The van der Waals surface area contributed by atoms with Crippen molar-refractivity contribution in [1.82, 2.24) is 5.16 Å². The molecule has 29 heavy (non-hydrogen) atoms. The zero-order valence-electron chi connectivity index (χ0n) is 15.6. The Hall–Kier alpha value is -3.17. The van der Waals surface area contributed by atoms with Gasteiger partial charge in [0.2, 0.25) is 11.7 Å². The molecule has 0 aliphatic carbocycles. The smallest absolute Gasteiger partial charge is 0.228 e. The minimum Gasteiger partial charge on any atom is -0.588 e. The molecule has 0 saturated heterocycles. The van der Waals surface area contributed by atoms with Crippen molar-refractivity contribution >= 4 is 27.8 Å². The summed E-state index contributed by atoms with van der Waals surface area (Å²) < 4.78 is 37.4. The van der Waals surface area contributed by atoms with Gasteiger partial charge in [-0.1, -0.05) is 21.5 Å². The average molecular weight is 413 g/mol. The minimum atomic E-state index is -3.80. The van der Waals surface area contributed by atoms with Gasteiger partial charge in [-0.3, -0.25) is 4.79 Å². The minimum absolute atomic E-state index is 0.0507. The fourth-order valence-electron chi connectivity index (χ4n) is 3.07. The number of carbonyl (C=O) groups excluding carboxylic acids is 1. The number of amides is 1. The molecule has 0 spiro atoms. The van der Waals surface area contributed by atoms with E-state index in [1.54, 1.807) is 6.92 Å². The van der Waals surface area contributed by atoms with Crippen LogP contribution in [-0.4, -0.2) is 22.2 Å². The molecule has 150 valence electrons. The first-order valence-corrected chi connectivity index (χ1v) is 10.5. The number of ether oxygens (including phenoxy) is 1. The summed E-state index contributed by atoms with van der Waals surface area (Å²) in [4.78, 5) is 12.4. The number of fused-ring (bicyclic) bond motifs is 1. The van der Waals surface area contributed by atoms with Crippen molar-refractivity contribution in [1.29, 1.82) is 0 Å². The predicted octanol–water partition coefficient (Wildman–Crippen LogP) is 3.12. The van der Waals surface area contributed by atoms with E-state index in [2.05, 4.69) is 15.2 Å². The third kappa shape index (κ3) is 4.47. The first kappa shape index (κ1) is 19.2. The van der Waals surface area contributed by atoms with Crippen molar-refractivity contribution in [2.45, 2.75) is 24.7 Å². The van der Waals surface area contributed by atoms with Crippen LogP contribution in [0.4, 0.5) is 11.5 Å². The fourth-order valence-corrected chi connectivity index (χ4v) is 4.05. The highest BCUT2D eigenvalue weighted by molar-refractivity contribution is 7.98. The number of nitrogens with one attached hydrogen (secondary N) is 2. The highest BCUT2D eigenvalue weighted by Crippen LogP contribution is 2.26. The van der Waals surface area contributed by atoms with Crippen molar-refractivity contribution in [2.75, 3.05) is 16.6 Å². The van der Waals surface area contributed by atoms with Crippen LogP contribution < -0.4 is 14.8 Å². The Kier molecular flexibility index (Phi) is 5.08. The Labute approximate surface area is 168 Å². The summed E-state index contributed by atoms with van der Waals surface area (Å²) in [6.45, 7) is 2.34. The molecular formula is C20H19N3O5S. The lowest BCUT2D eigenvalue weighted by Crippen LogP contribution is -2.21. The molecule has 2 aromatic carbocycles. The first-order chi connectivity index (χ1) is 13.9. The maximum absolute atomic E-state index is 12.4. The van der Waals surface area contributed by atoms with Gasteiger partial charge >= 0.3 is 0 Å². The highest BCUT2D eigenvalue weighted by atomic mass is 32.3. The van der Waals surface area contributed by atoms with Gasteiger partial charge in [0.05, 0.1) is 13.0 Å². The Balaban J connectivity index is 1.38. The third-order valence-electron chi connectivity index (χ3n) is 4.43. The molecule has 9 heteroatoms.